The molecular formula is C20H21N3O2S. The largest absolute Gasteiger partial charge is 0.484 e. The van der Waals surface area contributed by atoms with Crippen LogP contribution in [0.3, 0.4) is 0 Å². The molecule has 0 bridgehead atoms. The second kappa shape index (κ2) is 8.10. The highest BCUT2D eigenvalue weighted by Crippen LogP contribution is 2.22. The van der Waals surface area contributed by atoms with Gasteiger partial charge < -0.3 is 4.74 Å². The van der Waals surface area contributed by atoms with Crippen LogP contribution in [0, 0.1) is 6.92 Å². The van der Waals surface area contributed by atoms with E-state index in [0.29, 0.717) is 22.6 Å². The van der Waals surface area contributed by atoms with Crippen LogP contribution in [-0.4, -0.2) is 21.9 Å². The van der Waals surface area contributed by atoms with Crippen LogP contribution in [0.1, 0.15) is 30.9 Å². The van der Waals surface area contributed by atoms with Gasteiger partial charge in [0.25, 0.3) is 5.91 Å². The zero-order valence-electron chi connectivity index (χ0n) is 15.0. The first-order chi connectivity index (χ1) is 12.5. The number of rotatable bonds is 6. The van der Waals surface area contributed by atoms with Crippen molar-refractivity contribution in [3.63, 3.8) is 0 Å². The zero-order chi connectivity index (χ0) is 18.5. The molecule has 6 heteroatoms. The predicted octanol–water partition coefficient (Wildman–Crippen LogP) is 4.65. The van der Waals surface area contributed by atoms with Crippen LogP contribution in [-0.2, 0) is 4.79 Å². The molecule has 2 aromatic carbocycles. The summed E-state index contributed by atoms with van der Waals surface area (Å²) >= 11 is 1.16. The maximum atomic E-state index is 12.1. The molecule has 1 N–H and O–H groups in total. The van der Waals surface area contributed by atoms with Crippen molar-refractivity contribution in [1.29, 1.82) is 0 Å². The number of carbonyl (C=O) groups excluding carboxylic acids is 1. The molecule has 3 aromatic rings. The quantitative estimate of drug-likeness (QED) is 0.688. The summed E-state index contributed by atoms with van der Waals surface area (Å²) in [6.07, 6.45) is 0. The summed E-state index contributed by atoms with van der Waals surface area (Å²) in [5.74, 6) is 1.48. The molecule has 0 aliphatic heterocycles. The van der Waals surface area contributed by atoms with Crippen molar-refractivity contribution in [3.8, 4) is 17.1 Å². The lowest BCUT2D eigenvalue weighted by molar-refractivity contribution is -0.118. The monoisotopic (exact) mass is 367 g/mol. The highest BCUT2D eigenvalue weighted by atomic mass is 32.1. The van der Waals surface area contributed by atoms with E-state index in [1.165, 1.54) is 11.1 Å². The van der Waals surface area contributed by atoms with E-state index in [-0.39, 0.29) is 12.5 Å². The van der Waals surface area contributed by atoms with Gasteiger partial charge in [0.05, 0.1) is 0 Å². The Kier molecular flexibility index (Phi) is 5.63. The number of hydrogen-bond donors (Lipinski definition) is 1. The Balaban J connectivity index is 1.54. The number of benzene rings is 2. The van der Waals surface area contributed by atoms with E-state index in [0.717, 1.165) is 17.1 Å². The normalized spacial score (nSPS) is 10.8. The van der Waals surface area contributed by atoms with Gasteiger partial charge in [-0.05, 0) is 30.5 Å². The van der Waals surface area contributed by atoms with Gasteiger partial charge >= 0.3 is 0 Å². The fraction of sp³-hybridized carbons (Fsp3) is 0.250. The first-order valence-electron chi connectivity index (χ1n) is 8.44. The third kappa shape index (κ3) is 4.67. The number of aromatic nitrogens is 2. The average molecular weight is 367 g/mol. The van der Waals surface area contributed by atoms with E-state index in [2.05, 4.69) is 28.5 Å². The Morgan fingerprint density at radius 2 is 1.81 bits per heavy atom. The van der Waals surface area contributed by atoms with E-state index < -0.39 is 0 Å². The standard InChI is InChI=1S/C20H21N3O2S/c1-13(2)15-8-10-17(11-9-15)25-12-18(24)21-20-22-19(23-26-20)16-6-4-14(3)5-7-16/h4-11,13H,12H2,1-3H3,(H,21,22,23,24). The van der Waals surface area contributed by atoms with Gasteiger partial charge in [-0.15, -0.1) is 0 Å². The number of anilines is 1. The molecule has 134 valence electrons. The maximum absolute atomic E-state index is 12.1. The lowest BCUT2D eigenvalue weighted by Gasteiger charge is -2.08. The lowest BCUT2D eigenvalue weighted by Crippen LogP contribution is -2.20. The summed E-state index contributed by atoms with van der Waals surface area (Å²) in [4.78, 5) is 16.4. The van der Waals surface area contributed by atoms with Crippen molar-refractivity contribution in [2.75, 3.05) is 11.9 Å². The van der Waals surface area contributed by atoms with Crippen molar-refractivity contribution in [2.45, 2.75) is 26.7 Å². The average Bonchev–Trinajstić information content (AvgIpc) is 3.09. The molecule has 0 radical (unpaired) electrons. The molecule has 1 aromatic heterocycles. The summed E-state index contributed by atoms with van der Waals surface area (Å²) in [6.45, 7) is 6.23. The van der Waals surface area contributed by atoms with Gasteiger partial charge in [0.15, 0.2) is 12.4 Å². The smallest absolute Gasteiger partial charge is 0.264 e. The molecule has 1 heterocycles. The number of nitrogens with one attached hydrogen (secondary N) is 1. The highest BCUT2D eigenvalue weighted by Gasteiger charge is 2.10. The molecular weight excluding hydrogens is 346 g/mol. The van der Waals surface area contributed by atoms with Gasteiger partial charge in [0.1, 0.15) is 5.75 Å². The molecule has 1 amide bonds. The Morgan fingerprint density at radius 3 is 2.46 bits per heavy atom. The first-order valence-corrected chi connectivity index (χ1v) is 9.22. The molecule has 26 heavy (non-hydrogen) atoms. The Hall–Kier alpha value is -2.73. The molecule has 0 fully saturated rings. The third-order valence-electron chi connectivity index (χ3n) is 3.90. The van der Waals surface area contributed by atoms with E-state index in [1.807, 2.05) is 55.5 Å². The van der Waals surface area contributed by atoms with Crippen LogP contribution in [0.4, 0.5) is 5.13 Å². The Morgan fingerprint density at radius 1 is 1.12 bits per heavy atom. The van der Waals surface area contributed by atoms with E-state index in [1.54, 1.807) is 0 Å². The van der Waals surface area contributed by atoms with Gasteiger partial charge in [-0.1, -0.05) is 55.8 Å². The molecule has 0 spiro atoms. The van der Waals surface area contributed by atoms with Gasteiger partial charge in [-0.2, -0.15) is 9.36 Å². The van der Waals surface area contributed by atoms with Crippen LogP contribution in [0.15, 0.2) is 48.5 Å². The minimum atomic E-state index is -0.260. The number of ether oxygens (including phenoxy) is 1. The zero-order valence-corrected chi connectivity index (χ0v) is 15.8. The number of nitrogens with zero attached hydrogens (tertiary/aromatic N) is 2. The van der Waals surface area contributed by atoms with Crippen molar-refractivity contribution < 1.29 is 9.53 Å². The highest BCUT2D eigenvalue weighted by molar-refractivity contribution is 7.10. The minimum Gasteiger partial charge on any atom is -0.484 e. The van der Waals surface area contributed by atoms with Crippen molar-refractivity contribution in [3.05, 3.63) is 59.7 Å². The molecule has 0 aliphatic carbocycles. The number of carbonyl (C=O) groups is 1. The predicted molar refractivity (Wildman–Crippen MR) is 105 cm³/mol. The second-order valence-corrected chi connectivity index (χ2v) is 7.10. The number of amides is 1. The molecule has 0 saturated carbocycles. The third-order valence-corrected chi connectivity index (χ3v) is 4.53. The lowest BCUT2D eigenvalue weighted by atomic mass is 10.0. The Bertz CT molecular complexity index is 871. The fourth-order valence-electron chi connectivity index (χ4n) is 2.35. The fourth-order valence-corrected chi connectivity index (χ4v) is 2.95. The van der Waals surface area contributed by atoms with E-state index >= 15 is 0 Å². The summed E-state index contributed by atoms with van der Waals surface area (Å²) in [7, 11) is 0. The van der Waals surface area contributed by atoms with E-state index in [9.17, 15) is 4.79 Å². The molecule has 3 rings (SSSR count). The molecule has 0 atom stereocenters. The van der Waals surface area contributed by atoms with Crippen molar-refractivity contribution in [1.82, 2.24) is 9.36 Å². The van der Waals surface area contributed by atoms with E-state index in [4.69, 9.17) is 4.74 Å². The summed E-state index contributed by atoms with van der Waals surface area (Å²) in [5.41, 5.74) is 3.34. The SMILES string of the molecule is Cc1ccc(-c2nsc(NC(=O)COc3ccc(C(C)C)cc3)n2)cc1. The van der Waals surface area contributed by atoms with Gasteiger partial charge in [0.2, 0.25) is 5.13 Å². The second-order valence-electron chi connectivity index (χ2n) is 6.35. The van der Waals surface area contributed by atoms with Crippen LogP contribution in [0.25, 0.3) is 11.4 Å². The van der Waals surface area contributed by atoms with Crippen LogP contribution >= 0.6 is 11.5 Å². The molecule has 0 unspecified atom stereocenters. The summed E-state index contributed by atoms with van der Waals surface area (Å²) < 4.78 is 9.81. The van der Waals surface area contributed by atoms with Crippen LogP contribution in [0.5, 0.6) is 5.75 Å². The maximum Gasteiger partial charge on any atom is 0.264 e. The summed E-state index contributed by atoms with van der Waals surface area (Å²) in [6, 6.07) is 15.7. The molecule has 5 nitrogen and oxygen atoms in total. The topological polar surface area (TPSA) is 64.1 Å². The first kappa shape index (κ1) is 18.1. The van der Waals surface area contributed by atoms with Gasteiger partial charge in [0, 0.05) is 17.1 Å². The van der Waals surface area contributed by atoms with Gasteiger partial charge in [-0.3, -0.25) is 10.1 Å². The van der Waals surface area contributed by atoms with Crippen LogP contribution < -0.4 is 10.1 Å². The number of aryl methyl sites for hydroxylation is 1. The van der Waals surface area contributed by atoms with Crippen molar-refractivity contribution in [2.24, 2.45) is 0 Å². The minimum absolute atomic E-state index is 0.0690. The van der Waals surface area contributed by atoms with Crippen molar-refractivity contribution >= 4 is 22.6 Å². The summed E-state index contributed by atoms with van der Waals surface area (Å²) in [5, 5.41) is 3.19. The molecule has 0 aliphatic rings. The van der Waals surface area contributed by atoms with Crippen LogP contribution in [0.2, 0.25) is 0 Å². The number of hydrogen-bond acceptors (Lipinski definition) is 5. The molecule has 0 saturated heterocycles. The Labute approximate surface area is 157 Å². The van der Waals surface area contributed by atoms with Gasteiger partial charge in [-0.25, -0.2) is 0 Å².